The second-order valence-electron chi connectivity index (χ2n) is 8.53. The van der Waals surface area contributed by atoms with Crippen molar-refractivity contribution in [3.8, 4) is 11.4 Å². The third kappa shape index (κ3) is 5.70. The highest BCUT2D eigenvalue weighted by atomic mass is 19.1. The highest BCUT2D eigenvalue weighted by molar-refractivity contribution is 5.94. The van der Waals surface area contributed by atoms with Crippen LogP contribution in [0.3, 0.4) is 0 Å². The van der Waals surface area contributed by atoms with Gasteiger partial charge in [0.1, 0.15) is 11.6 Å². The molecule has 6 nitrogen and oxygen atoms in total. The Morgan fingerprint density at radius 1 is 0.886 bits per heavy atom. The molecule has 35 heavy (non-hydrogen) atoms. The Balaban J connectivity index is 1.18. The van der Waals surface area contributed by atoms with E-state index in [0.29, 0.717) is 22.8 Å². The maximum absolute atomic E-state index is 13.5. The monoisotopic (exact) mass is 467 g/mol. The largest absolute Gasteiger partial charge is 0.340 e. The van der Waals surface area contributed by atoms with Gasteiger partial charge in [-0.25, -0.2) is 14.4 Å². The second-order valence-corrected chi connectivity index (χ2v) is 8.53. The van der Waals surface area contributed by atoms with Crippen LogP contribution in [0.15, 0.2) is 91.1 Å². The molecule has 0 unspecified atom stereocenters. The Morgan fingerprint density at radius 2 is 1.66 bits per heavy atom. The lowest BCUT2D eigenvalue weighted by Gasteiger charge is -2.34. The van der Waals surface area contributed by atoms with Gasteiger partial charge in [-0.3, -0.25) is 9.69 Å². The molecule has 4 aromatic rings. The van der Waals surface area contributed by atoms with E-state index in [4.69, 9.17) is 0 Å². The van der Waals surface area contributed by atoms with Gasteiger partial charge in [-0.2, -0.15) is 0 Å². The van der Waals surface area contributed by atoms with Gasteiger partial charge >= 0.3 is 0 Å². The van der Waals surface area contributed by atoms with Crippen molar-refractivity contribution in [1.29, 1.82) is 0 Å². The van der Waals surface area contributed by atoms with Gasteiger partial charge in [0.25, 0.3) is 5.91 Å². The van der Waals surface area contributed by atoms with E-state index in [-0.39, 0.29) is 11.7 Å². The van der Waals surface area contributed by atoms with Gasteiger partial charge in [-0.15, -0.1) is 0 Å². The number of anilines is 2. The maximum Gasteiger partial charge on any atom is 0.253 e. The Labute approximate surface area is 204 Å². The average Bonchev–Trinajstić information content (AvgIpc) is 2.90. The number of amides is 1. The zero-order valence-electron chi connectivity index (χ0n) is 19.3. The van der Waals surface area contributed by atoms with E-state index in [1.54, 1.807) is 24.4 Å². The van der Waals surface area contributed by atoms with Crippen LogP contribution >= 0.6 is 0 Å². The fourth-order valence-corrected chi connectivity index (χ4v) is 4.17. The van der Waals surface area contributed by atoms with Gasteiger partial charge in [0.05, 0.1) is 0 Å². The minimum Gasteiger partial charge on any atom is -0.340 e. The lowest BCUT2D eigenvalue weighted by Crippen LogP contribution is -2.48. The molecule has 1 aliphatic heterocycles. The molecule has 0 aliphatic carbocycles. The third-order valence-corrected chi connectivity index (χ3v) is 6.05. The first-order chi connectivity index (χ1) is 17.1. The molecule has 1 amide bonds. The molecule has 0 saturated carbocycles. The predicted molar refractivity (Wildman–Crippen MR) is 135 cm³/mol. The number of benzene rings is 3. The van der Waals surface area contributed by atoms with Gasteiger partial charge in [0.2, 0.25) is 0 Å². The Morgan fingerprint density at radius 3 is 2.40 bits per heavy atom. The number of nitrogens with one attached hydrogen (secondary N) is 1. The minimum absolute atomic E-state index is 0.0475. The molecule has 1 aliphatic rings. The normalized spacial score (nSPS) is 14.0. The number of carbonyl (C=O) groups excluding carboxylic acids is 1. The molecule has 7 heteroatoms. The van der Waals surface area contributed by atoms with Crippen LogP contribution in [-0.2, 0) is 6.54 Å². The summed E-state index contributed by atoms with van der Waals surface area (Å²) in [4.78, 5) is 26.0. The van der Waals surface area contributed by atoms with Gasteiger partial charge < -0.3 is 10.2 Å². The van der Waals surface area contributed by atoms with Crippen molar-refractivity contribution < 1.29 is 9.18 Å². The van der Waals surface area contributed by atoms with E-state index in [2.05, 4.69) is 44.5 Å². The summed E-state index contributed by atoms with van der Waals surface area (Å²) in [6.07, 6.45) is 1.63. The summed E-state index contributed by atoms with van der Waals surface area (Å²) in [5, 5.41) is 3.23. The molecular weight excluding hydrogens is 441 g/mol. The van der Waals surface area contributed by atoms with Crippen LogP contribution in [0.25, 0.3) is 11.4 Å². The maximum atomic E-state index is 13.5. The first-order valence-corrected chi connectivity index (χ1v) is 11.7. The van der Waals surface area contributed by atoms with Crippen LogP contribution in [0.4, 0.5) is 15.9 Å². The Hall–Kier alpha value is -4.10. The Kier molecular flexibility index (Phi) is 6.77. The predicted octanol–water partition coefficient (Wildman–Crippen LogP) is 4.98. The van der Waals surface area contributed by atoms with Crippen molar-refractivity contribution in [2.45, 2.75) is 6.54 Å². The fraction of sp³-hybridized carbons (Fsp3) is 0.179. The number of carbonyl (C=O) groups is 1. The van der Waals surface area contributed by atoms with Crippen molar-refractivity contribution in [1.82, 2.24) is 19.8 Å². The van der Waals surface area contributed by atoms with E-state index < -0.39 is 0 Å². The first kappa shape index (κ1) is 22.7. The SMILES string of the molecule is O=C(c1ccc(Nc2ccnc(-c3cccc(F)c3)n2)cc1)N1CCN(Cc2ccccc2)CC1. The molecule has 3 aromatic carbocycles. The van der Waals surface area contributed by atoms with Crippen LogP contribution in [-0.4, -0.2) is 51.9 Å². The number of halogens is 1. The zero-order chi connectivity index (χ0) is 24.0. The van der Waals surface area contributed by atoms with E-state index in [0.717, 1.165) is 38.4 Å². The molecule has 1 aromatic heterocycles. The molecule has 1 saturated heterocycles. The van der Waals surface area contributed by atoms with Gasteiger partial charge in [0.15, 0.2) is 5.82 Å². The molecule has 0 atom stereocenters. The summed E-state index contributed by atoms with van der Waals surface area (Å²) in [6.45, 7) is 4.07. The molecule has 176 valence electrons. The van der Waals surface area contributed by atoms with Crippen LogP contribution in [0.1, 0.15) is 15.9 Å². The Bertz CT molecular complexity index is 1290. The summed E-state index contributed by atoms with van der Waals surface area (Å²) < 4.78 is 13.5. The van der Waals surface area contributed by atoms with Crippen LogP contribution in [0.2, 0.25) is 0 Å². The van der Waals surface area contributed by atoms with Crippen molar-refractivity contribution in [3.63, 3.8) is 0 Å². The quantitative estimate of drug-likeness (QED) is 0.433. The molecule has 1 fully saturated rings. The number of piperazine rings is 1. The van der Waals surface area contributed by atoms with Gasteiger partial charge in [-0.05, 0) is 48.0 Å². The van der Waals surface area contributed by atoms with Crippen LogP contribution in [0, 0.1) is 5.82 Å². The highest BCUT2D eigenvalue weighted by Crippen LogP contribution is 2.21. The molecule has 1 N–H and O–H groups in total. The zero-order valence-corrected chi connectivity index (χ0v) is 19.3. The average molecular weight is 468 g/mol. The van der Waals surface area contributed by atoms with Gasteiger partial charge in [0, 0.05) is 55.7 Å². The first-order valence-electron chi connectivity index (χ1n) is 11.7. The summed E-state index contributed by atoms with van der Waals surface area (Å²) in [5.41, 5.74) is 3.37. The van der Waals surface area contributed by atoms with E-state index >= 15 is 0 Å². The van der Waals surface area contributed by atoms with Crippen molar-refractivity contribution in [3.05, 3.63) is 108 Å². The van der Waals surface area contributed by atoms with Crippen LogP contribution in [0.5, 0.6) is 0 Å². The lowest BCUT2D eigenvalue weighted by molar-refractivity contribution is 0.0628. The molecule has 5 rings (SSSR count). The molecule has 0 radical (unpaired) electrons. The highest BCUT2D eigenvalue weighted by Gasteiger charge is 2.22. The fourth-order valence-electron chi connectivity index (χ4n) is 4.17. The van der Waals surface area contributed by atoms with E-state index in [1.165, 1.54) is 17.7 Å². The lowest BCUT2D eigenvalue weighted by atomic mass is 10.1. The summed E-state index contributed by atoms with van der Waals surface area (Å²) in [6, 6.07) is 25.7. The van der Waals surface area contributed by atoms with Crippen LogP contribution < -0.4 is 5.32 Å². The van der Waals surface area contributed by atoms with Crippen molar-refractivity contribution in [2.24, 2.45) is 0 Å². The smallest absolute Gasteiger partial charge is 0.253 e. The number of nitrogens with zero attached hydrogens (tertiary/aromatic N) is 4. The minimum atomic E-state index is -0.331. The third-order valence-electron chi connectivity index (χ3n) is 6.05. The number of rotatable bonds is 6. The van der Waals surface area contributed by atoms with E-state index in [1.807, 2.05) is 35.2 Å². The van der Waals surface area contributed by atoms with Crippen molar-refractivity contribution in [2.75, 3.05) is 31.5 Å². The number of hydrogen-bond donors (Lipinski definition) is 1. The summed E-state index contributed by atoms with van der Waals surface area (Å²) in [7, 11) is 0. The summed E-state index contributed by atoms with van der Waals surface area (Å²) >= 11 is 0. The summed E-state index contributed by atoms with van der Waals surface area (Å²) in [5.74, 6) is 0.745. The second kappa shape index (κ2) is 10.4. The standard InChI is InChI=1S/C28H26FN5O/c29-24-8-4-7-23(19-24)27-30-14-13-26(32-27)31-25-11-9-22(10-12-25)28(35)34-17-15-33(16-18-34)20-21-5-2-1-3-6-21/h1-14,19H,15-18,20H2,(H,30,31,32). The van der Waals surface area contributed by atoms with Crippen molar-refractivity contribution >= 4 is 17.4 Å². The molecular formula is C28H26FN5O. The number of hydrogen-bond acceptors (Lipinski definition) is 5. The molecule has 2 heterocycles. The number of aromatic nitrogens is 2. The molecule has 0 spiro atoms. The molecule has 0 bridgehead atoms. The van der Waals surface area contributed by atoms with E-state index in [9.17, 15) is 9.18 Å². The topological polar surface area (TPSA) is 61.4 Å². The van der Waals surface area contributed by atoms with Gasteiger partial charge in [-0.1, -0.05) is 42.5 Å².